The summed E-state index contributed by atoms with van der Waals surface area (Å²) in [6.07, 6.45) is 1.70. The number of fused-ring (bicyclic) bond motifs is 1. The Labute approximate surface area is 155 Å². The molecular formula is C19H21ClN2O4. The zero-order valence-electron chi connectivity index (χ0n) is 14.2. The van der Waals surface area contributed by atoms with Crippen LogP contribution in [0.3, 0.4) is 0 Å². The minimum absolute atomic E-state index is 0.00449. The van der Waals surface area contributed by atoms with Gasteiger partial charge in [0.05, 0.1) is 11.1 Å². The maximum absolute atomic E-state index is 13.0. The molecule has 1 aromatic heterocycles. The zero-order valence-corrected chi connectivity index (χ0v) is 15.0. The number of hydrogen-bond donors (Lipinski definition) is 3. The molecule has 1 amide bonds. The van der Waals surface area contributed by atoms with Crippen LogP contribution in [0.5, 0.6) is 0 Å². The summed E-state index contributed by atoms with van der Waals surface area (Å²) in [4.78, 5) is 29.6. The van der Waals surface area contributed by atoms with E-state index < -0.39 is 17.5 Å². The van der Waals surface area contributed by atoms with E-state index in [1.165, 1.54) is 4.90 Å². The van der Waals surface area contributed by atoms with E-state index in [9.17, 15) is 19.8 Å². The van der Waals surface area contributed by atoms with Crippen molar-refractivity contribution in [3.05, 3.63) is 35.0 Å². The fourth-order valence-electron chi connectivity index (χ4n) is 4.00. The lowest BCUT2D eigenvalue weighted by Crippen LogP contribution is -2.57. The molecule has 26 heavy (non-hydrogen) atoms. The molecule has 4 rings (SSSR count). The third-order valence-electron chi connectivity index (χ3n) is 5.70. The van der Waals surface area contributed by atoms with Crippen LogP contribution in [0, 0.1) is 11.3 Å². The predicted molar refractivity (Wildman–Crippen MR) is 97.2 cm³/mol. The molecule has 138 valence electrons. The molecule has 2 heterocycles. The van der Waals surface area contributed by atoms with E-state index in [0.717, 1.165) is 23.7 Å². The van der Waals surface area contributed by atoms with Crippen molar-refractivity contribution >= 4 is 34.4 Å². The molecule has 1 aromatic carbocycles. The Balaban J connectivity index is 1.65. The summed E-state index contributed by atoms with van der Waals surface area (Å²) in [6.45, 7) is 0.315. The molecule has 6 nitrogen and oxygen atoms in total. The van der Waals surface area contributed by atoms with Crippen molar-refractivity contribution in [2.45, 2.75) is 31.8 Å². The van der Waals surface area contributed by atoms with Crippen molar-refractivity contribution in [3.63, 3.8) is 0 Å². The number of aliphatic hydroxyl groups is 1. The Morgan fingerprint density at radius 3 is 2.65 bits per heavy atom. The number of aliphatic hydroxyl groups excluding tert-OH is 1. The van der Waals surface area contributed by atoms with Crippen LogP contribution in [-0.4, -0.2) is 51.2 Å². The van der Waals surface area contributed by atoms with Gasteiger partial charge in [-0.1, -0.05) is 42.6 Å². The molecule has 0 bridgehead atoms. The number of halogens is 1. The van der Waals surface area contributed by atoms with Crippen LogP contribution in [0.15, 0.2) is 24.3 Å². The van der Waals surface area contributed by atoms with Gasteiger partial charge in [0.1, 0.15) is 11.1 Å². The van der Waals surface area contributed by atoms with Crippen LogP contribution in [-0.2, 0) is 4.79 Å². The third kappa shape index (κ3) is 2.77. The SMILES string of the molecule is O=C(c1[nH]c2ccccc2c1Cl)N1CC[C@@H](O)[C@@](CC2CC2)(C(=O)O)C1. The molecule has 0 radical (unpaired) electrons. The molecule has 1 saturated heterocycles. The minimum Gasteiger partial charge on any atom is -0.481 e. The van der Waals surface area contributed by atoms with Crippen molar-refractivity contribution in [3.8, 4) is 0 Å². The van der Waals surface area contributed by atoms with Crippen molar-refractivity contribution in [2.75, 3.05) is 13.1 Å². The standard InChI is InChI=1S/C19H21ClN2O4/c20-15-12-3-1-2-4-13(12)21-16(15)17(24)22-8-7-14(23)19(10-22,18(25)26)9-11-5-6-11/h1-4,11,14,21,23H,5-10H2,(H,25,26)/t14-,19+/m1/s1. The molecule has 2 aromatic rings. The first-order valence-electron chi connectivity index (χ1n) is 8.89. The van der Waals surface area contributed by atoms with Gasteiger partial charge in [0, 0.05) is 24.0 Å². The van der Waals surface area contributed by atoms with Crippen LogP contribution in [0.2, 0.25) is 5.02 Å². The average molecular weight is 377 g/mol. The number of carboxylic acids is 1. The van der Waals surface area contributed by atoms with Crippen molar-refractivity contribution < 1.29 is 19.8 Å². The number of rotatable bonds is 4. The number of nitrogens with zero attached hydrogens (tertiary/aromatic N) is 1. The zero-order chi connectivity index (χ0) is 18.5. The number of aromatic amines is 1. The second-order valence-corrected chi connectivity index (χ2v) is 7.88. The Kier molecular flexibility index (Phi) is 4.20. The monoisotopic (exact) mass is 376 g/mol. The Hall–Kier alpha value is -2.05. The topological polar surface area (TPSA) is 93.6 Å². The van der Waals surface area contributed by atoms with Gasteiger partial charge in [-0.2, -0.15) is 0 Å². The summed E-state index contributed by atoms with van der Waals surface area (Å²) in [5.74, 6) is -1.02. The molecule has 1 aliphatic carbocycles. The van der Waals surface area contributed by atoms with E-state index in [1.54, 1.807) is 0 Å². The van der Waals surface area contributed by atoms with Gasteiger partial charge in [-0.25, -0.2) is 0 Å². The van der Waals surface area contributed by atoms with Gasteiger partial charge < -0.3 is 20.1 Å². The molecule has 0 spiro atoms. The quantitative estimate of drug-likeness (QED) is 0.764. The largest absolute Gasteiger partial charge is 0.481 e. The summed E-state index contributed by atoms with van der Waals surface area (Å²) >= 11 is 6.38. The Morgan fingerprint density at radius 1 is 1.27 bits per heavy atom. The number of aromatic nitrogens is 1. The third-order valence-corrected chi connectivity index (χ3v) is 6.10. The highest BCUT2D eigenvalue weighted by Crippen LogP contribution is 2.45. The Bertz CT molecular complexity index is 876. The predicted octanol–water partition coefficient (Wildman–Crippen LogP) is 2.90. The molecule has 0 unspecified atom stereocenters. The number of benzene rings is 1. The number of carbonyl (C=O) groups excluding carboxylic acids is 1. The number of hydrogen-bond acceptors (Lipinski definition) is 3. The summed E-state index contributed by atoms with van der Waals surface area (Å²) in [7, 11) is 0. The van der Waals surface area contributed by atoms with Crippen LogP contribution in [0.4, 0.5) is 0 Å². The van der Waals surface area contributed by atoms with Gasteiger partial charge >= 0.3 is 5.97 Å². The molecule has 2 aliphatic rings. The number of likely N-dealkylation sites (tertiary alicyclic amines) is 1. The van der Waals surface area contributed by atoms with E-state index in [4.69, 9.17) is 11.6 Å². The number of amides is 1. The van der Waals surface area contributed by atoms with Crippen LogP contribution in [0.1, 0.15) is 36.2 Å². The highest BCUT2D eigenvalue weighted by molar-refractivity contribution is 6.38. The summed E-state index contributed by atoms with van der Waals surface area (Å²) in [5.41, 5.74) is -0.261. The molecule has 3 N–H and O–H groups in total. The summed E-state index contributed by atoms with van der Waals surface area (Å²) in [6, 6.07) is 7.37. The number of aliphatic carboxylic acids is 1. The number of carbonyl (C=O) groups is 2. The van der Waals surface area contributed by atoms with Gasteiger partial charge in [0.2, 0.25) is 0 Å². The normalized spacial score (nSPS) is 26.2. The van der Waals surface area contributed by atoms with Crippen molar-refractivity contribution in [1.29, 1.82) is 0 Å². The van der Waals surface area contributed by atoms with E-state index in [2.05, 4.69) is 4.98 Å². The lowest BCUT2D eigenvalue weighted by atomic mass is 9.73. The molecule has 2 atom stereocenters. The van der Waals surface area contributed by atoms with E-state index in [1.807, 2.05) is 24.3 Å². The lowest BCUT2D eigenvalue weighted by Gasteiger charge is -2.43. The molecule has 7 heteroatoms. The minimum atomic E-state index is -1.30. The average Bonchev–Trinajstić information content (AvgIpc) is 3.38. The number of H-pyrrole nitrogens is 1. The smallest absolute Gasteiger partial charge is 0.314 e. The Morgan fingerprint density at radius 2 is 2.00 bits per heavy atom. The number of carboxylic acid groups (broad SMARTS) is 1. The van der Waals surface area contributed by atoms with Crippen LogP contribution in [0.25, 0.3) is 10.9 Å². The van der Waals surface area contributed by atoms with Crippen molar-refractivity contribution in [2.24, 2.45) is 11.3 Å². The first-order valence-corrected chi connectivity index (χ1v) is 9.27. The molecular weight excluding hydrogens is 356 g/mol. The van der Waals surface area contributed by atoms with Crippen LogP contribution < -0.4 is 0 Å². The number of nitrogens with one attached hydrogen (secondary N) is 1. The summed E-state index contributed by atoms with van der Waals surface area (Å²) in [5, 5.41) is 21.4. The van der Waals surface area contributed by atoms with Gasteiger partial charge in [-0.15, -0.1) is 0 Å². The first-order chi connectivity index (χ1) is 12.4. The fourth-order valence-corrected chi connectivity index (χ4v) is 4.29. The second kappa shape index (κ2) is 6.28. The van der Waals surface area contributed by atoms with E-state index >= 15 is 0 Å². The van der Waals surface area contributed by atoms with Crippen LogP contribution >= 0.6 is 11.6 Å². The summed E-state index contributed by atoms with van der Waals surface area (Å²) < 4.78 is 0. The number of piperidine rings is 1. The maximum Gasteiger partial charge on any atom is 0.314 e. The molecule has 2 fully saturated rings. The highest BCUT2D eigenvalue weighted by atomic mass is 35.5. The van der Waals surface area contributed by atoms with Gasteiger partial charge in [-0.3, -0.25) is 9.59 Å². The molecule has 1 aliphatic heterocycles. The van der Waals surface area contributed by atoms with E-state index in [0.29, 0.717) is 23.9 Å². The number of para-hydroxylation sites is 1. The second-order valence-electron chi connectivity index (χ2n) is 7.50. The van der Waals surface area contributed by atoms with Gasteiger partial charge in [0.25, 0.3) is 5.91 Å². The first kappa shape index (κ1) is 17.4. The maximum atomic E-state index is 13.0. The van der Waals surface area contributed by atoms with Gasteiger partial charge in [-0.05, 0) is 24.8 Å². The van der Waals surface area contributed by atoms with Gasteiger partial charge in [0.15, 0.2) is 0 Å². The lowest BCUT2D eigenvalue weighted by molar-refractivity contribution is -0.163. The highest BCUT2D eigenvalue weighted by Gasteiger charge is 2.52. The van der Waals surface area contributed by atoms with Crippen molar-refractivity contribution in [1.82, 2.24) is 9.88 Å². The van der Waals surface area contributed by atoms with E-state index in [-0.39, 0.29) is 24.6 Å². The molecule has 1 saturated carbocycles. The fraction of sp³-hybridized carbons (Fsp3) is 0.474.